The first-order chi connectivity index (χ1) is 9.54. The normalized spacial score (nSPS) is 12.4. The summed E-state index contributed by atoms with van der Waals surface area (Å²) in [5.74, 6) is 0.00756. The molecule has 6 heteroatoms. The molecule has 0 saturated carbocycles. The first-order valence-corrected chi connectivity index (χ1v) is 7.05. The fourth-order valence-electron chi connectivity index (χ4n) is 1.97. The van der Waals surface area contributed by atoms with E-state index < -0.39 is 0 Å². The summed E-state index contributed by atoms with van der Waals surface area (Å²) >= 11 is 0. The van der Waals surface area contributed by atoms with E-state index in [4.69, 9.17) is 4.74 Å². The van der Waals surface area contributed by atoms with Gasteiger partial charge in [0.1, 0.15) is 0 Å². The lowest BCUT2D eigenvalue weighted by molar-refractivity contribution is -0.122. The Hall–Kier alpha value is -1.40. The van der Waals surface area contributed by atoms with E-state index in [2.05, 4.69) is 28.7 Å². The number of methoxy groups -OCH3 is 1. The molecular weight excluding hydrogens is 256 g/mol. The van der Waals surface area contributed by atoms with Crippen LogP contribution in [0.4, 0.5) is 0 Å². The smallest absolute Gasteiger partial charge is 0.236 e. The molecule has 0 aliphatic carbocycles. The summed E-state index contributed by atoms with van der Waals surface area (Å²) in [6, 6.07) is 1.88. The fraction of sp³-hybridized carbons (Fsp3) is 0.714. The molecule has 0 radical (unpaired) electrons. The molecule has 2 N–H and O–H groups in total. The summed E-state index contributed by atoms with van der Waals surface area (Å²) in [7, 11) is 1.62. The van der Waals surface area contributed by atoms with Gasteiger partial charge in [0, 0.05) is 25.9 Å². The van der Waals surface area contributed by atoms with Crippen LogP contribution in [0.3, 0.4) is 0 Å². The average Bonchev–Trinajstić information content (AvgIpc) is 2.73. The van der Waals surface area contributed by atoms with Gasteiger partial charge < -0.3 is 15.4 Å². The Morgan fingerprint density at radius 3 is 2.80 bits per heavy atom. The van der Waals surface area contributed by atoms with Crippen molar-refractivity contribution in [2.24, 2.45) is 0 Å². The third-order valence-electron chi connectivity index (χ3n) is 3.10. The minimum absolute atomic E-state index is 0.00756. The highest BCUT2D eigenvalue weighted by atomic mass is 16.5. The fourth-order valence-corrected chi connectivity index (χ4v) is 1.97. The molecule has 0 aliphatic rings. The quantitative estimate of drug-likeness (QED) is 0.652. The van der Waals surface area contributed by atoms with E-state index in [1.54, 1.807) is 7.11 Å². The average molecular weight is 282 g/mol. The summed E-state index contributed by atoms with van der Waals surface area (Å²) in [6.45, 7) is 8.66. The van der Waals surface area contributed by atoms with E-state index in [0.29, 0.717) is 13.2 Å². The molecule has 1 amide bonds. The van der Waals surface area contributed by atoms with Gasteiger partial charge in [-0.3, -0.25) is 9.48 Å². The van der Waals surface area contributed by atoms with Crippen LogP contribution in [0, 0.1) is 13.8 Å². The molecule has 0 fully saturated rings. The molecule has 114 valence electrons. The molecule has 0 saturated heterocycles. The summed E-state index contributed by atoms with van der Waals surface area (Å²) < 4.78 is 6.89. The van der Waals surface area contributed by atoms with Gasteiger partial charge in [-0.15, -0.1) is 0 Å². The molecule has 1 aromatic rings. The van der Waals surface area contributed by atoms with E-state index in [0.717, 1.165) is 25.2 Å². The number of aromatic nitrogens is 2. The summed E-state index contributed by atoms with van der Waals surface area (Å²) in [5, 5.41) is 10.4. The zero-order valence-corrected chi connectivity index (χ0v) is 12.9. The molecule has 0 spiro atoms. The van der Waals surface area contributed by atoms with E-state index >= 15 is 0 Å². The predicted molar refractivity (Wildman–Crippen MR) is 78.7 cm³/mol. The van der Waals surface area contributed by atoms with Gasteiger partial charge in [0.05, 0.1) is 18.3 Å². The topological polar surface area (TPSA) is 68.2 Å². The lowest BCUT2D eigenvalue weighted by atomic mass is 10.3. The van der Waals surface area contributed by atoms with Gasteiger partial charge >= 0.3 is 0 Å². The van der Waals surface area contributed by atoms with Crippen molar-refractivity contribution in [1.29, 1.82) is 0 Å². The SMILES string of the molecule is COCCNC(=O)C(C)NCCCn1nc(C)cc1C. The summed E-state index contributed by atoms with van der Waals surface area (Å²) in [6.07, 6.45) is 0.942. The van der Waals surface area contributed by atoms with Gasteiger partial charge in [0.2, 0.25) is 5.91 Å². The number of ether oxygens (including phenoxy) is 1. The zero-order valence-electron chi connectivity index (χ0n) is 12.9. The van der Waals surface area contributed by atoms with Crippen molar-refractivity contribution in [3.63, 3.8) is 0 Å². The molecule has 0 aromatic carbocycles. The molecular formula is C14H26N4O2. The Morgan fingerprint density at radius 1 is 1.45 bits per heavy atom. The van der Waals surface area contributed by atoms with E-state index in [-0.39, 0.29) is 11.9 Å². The van der Waals surface area contributed by atoms with Crippen LogP contribution < -0.4 is 10.6 Å². The second-order valence-electron chi connectivity index (χ2n) is 4.96. The Kier molecular flexibility index (Phi) is 7.25. The standard InChI is InChI=1S/C14H26N4O2/c1-11-10-12(2)18(17-11)8-5-6-15-13(3)14(19)16-7-9-20-4/h10,13,15H,5-9H2,1-4H3,(H,16,19). The Balaban J connectivity index is 2.17. The molecule has 1 atom stereocenters. The Bertz CT molecular complexity index is 417. The van der Waals surface area contributed by atoms with E-state index in [1.807, 2.05) is 18.5 Å². The van der Waals surface area contributed by atoms with Gasteiger partial charge in [-0.05, 0) is 39.8 Å². The van der Waals surface area contributed by atoms with Crippen LogP contribution in [0.2, 0.25) is 0 Å². The lowest BCUT2D eigenvalue weighted by Gasteiger charge is -2.14. The van der Waals surface area contributed by atoms with Crippen LogP contribution in [0.15, 0.2) is 6.07 Å². The van der Waals surface area contributed by atoms with Gasteiger partial charge in [-0.25, -0.2) is 0 Å². The number of hydrogen-bond acceptors (Lipinski definition) is 4. The third-order valence-corrected chi connectivity index (χ3v) is 3.10. The molecule has 1 heterocycles. The largest absolute Gasteiger partial charge is 0.383 e. The van der Waals surface area contributed by atoms with Gasteiger partial charge in [-0.1, -0.05) is 0 Å². The van der Waals surface area contributed by atoms with Crippen molar-refractivity contribution in [2.45, 2.75) is 39.8 Å². The number of amides is 1. The van der Waals surface area contributed by atoms with E-state index in [1.165, 1.54) is 5.69 Å². The van der Waals surface area contributed by atoms with Crippen molar-refractivity contribution in [3.05, 3.63) is 17.5 Å². The minimum Gasteiger partial charge on any atom is -0.383 e. The Morgan fingerprint density at radius 2 is 2.20 bits per heavy atom. The number of hydrogen-bond donors (Lipinski definition) is 2. The number of nitrogens with one attached hydrogen (secondary N) is 2. The number of aryl methyl sites for hydroxylation is 3. The Labute approximate surface area is 120 Å². The van der Waals surface area contributed by atoms with E-state index in [9.17, 15) is 4.79 Å². The van der Waals surface area contributed by atoms with Crippen molar-refractivity contribution in [3.8, 4) is 0 Å². The second-order valence-corrected chi connectivity index (χ2v) is 4.96. The maximum Gasteiger partial charge on any atom is 0.236 e. The highest BCUT2D eigenvalue weighted by molar-refractivity contribution is 5.81. The van der Waals surface area contributed by atoms with Crippen molar-refractivity contribution in [1.82, 2.24) is 20.4 Å². The van der Waals surface area contributed by atoms with Crippen molar-refractivity contribution < 1.29 is 9.53 Å². The molecule has 20 heavy (non-hydrogen) atoms. The molecule has 1 aromatic heterocycles. The van der Waals surface area contributed by atoms with Crippen molar-refractivity contribution >= 4 is 5.91 Å². The third kappa shape index (κ3) is 5.71. The number of carbonyl (C=O) groups is 1. The molecule has 6 nitrogen and oxygen atoms in total. The monoisotopic (exact) mass is 282 g/mol. The van der Waals surface area contributed by atoms with Crippen LogP contribution in [0.5, 0.6) is 0 Å². The van der Waals surface area contributed by atoms with Crippen molar-refractivity contribution in [2.75, 3.05) is 26.8 Å². The van der Waals surface area contributed by atoms with Gasteiger partial charge in [0.25, 0.3) is 0 Å². The van der Waals surface area contributed by atoms with Gasteiger partial charge in [0.15, 0.2) is 0 Å². The van der Waals surface area contributed by atoms with Crippen LogP contribution >= 0.6 is 0 Å². The number of carbonyl (C=O) groups excluding carboxylic acids is 1. The van der Waals surface area contributed by atoms with Crippen LogP contribution in [-0.2, 0) is 16.1 Å². The highest BCUT2D eigenvalue weighted by Crippen LogP contribution is 2.02. The molecule has 0 bridgehead atoms. The summed E-state index contributed by atoms with van der Waals surface area (Å²) in [4.78, 5) is 11.7. The predicted octanol–water partition coefficient (Wildman–Crippen LogP) is 0.631. The second kappa shape index (κ2) is 8.71. The van der Waals surface area contributed by atoms with Crippen LogP contribution in [-0.4, -0.2) is 48.5 Å². The number of nitrogens with zero attached hydrogens (tertiary/aromatic N) is 2. The summed E-state index contributed by atoms with van der Waals surface area (Å²) in [5.41, 5.74) is 2.22. The first kappa shape index (κ1) is 16.7. The first-order valence-electron chi connectivity index (χ1n) is 7.05. The van der Waals surface area contributed by atoms with Crippen LogP contribution in [0.25, 0.3) is 0 Å². The lowest BCUT2D eigenvalue weighted by Crippen LogP contribution is -2.43. The van der Waals surface area contributed by atoms with Crippen LogP contribution in [0.1, 0.15) is 24.7 Å². The maximum absolute atomic E-state index is 11.7. The maximum atomic E-state index is 11.7. The molecule has 1 unspecified atom stereocenters. The minimum atomic E-state index is -0.188. The molecule has 0 aliphatic heterocycles. The molecule has 1 rings (SSSR count). The van der Waals surface area contributed by atoms with Gasteiger partial charge in [-0.2, -0.15) is 5.10 Å². The highest BCUT2D eigenvalue weighted by Gasteiger charge is 2.10. The number of rotatable bonds is 9. The zero-order chi connectivity index (χ0) is 15.0.